The first-order valence-corrected chi connectivity index (χ1v) is 11.4. The zero-order valence-electron chi connectivity index (χ0n) is 12.3. The predicted octanol–water partition coefficient (Wildman–Crippen LogP) is -2.23. The normalized spacial score (nSPS) is 8.53. The molecule has 0 bridgehead atoms. The average molecular weight is 416 g/mol. The summed E-state index contributed by atoms with van der Waals surface area (Å²) in [6, 6.07) is 10.0. The van der Waals surface area contributed by atoms with E-state index in [9.17, 15) is 0 Å². The minimum absolute atomic E-state index is 0. The summed E-state index contributed by atoms with van der Waals surface area (Å²) in [5.41, 5.74) is 7.26. The third-order valence-electron chi connectivity index (χ3n) is 1.70. The van der Waals surface area contributed by atoms with E-state index in [1.165, 1.54) is 0 Å². The van der Waals surface area contributed by atoms with E-state index in [2.05, 4.69) is 32.7 Å². The number of hydrogen-bond acceptors (Lipinski definition) is 1. The quantitative estimate of drug-likeness (QED) is 0.406. The number of rotatable bonds is 3. The summed E-state index contributed by atoms with van der Waals surface area (Å²) >= 11 is 0. The topological polar surface area (TPSA) is 33.0 Å². The predicted molar refractivity (Wildman–Crippen MR) is 78.1 cm³/mol. The van der Waals surface area contributed by atoms with E-state index in [1.807, 2.05) is 30.3 Å². The van der Waals surface area contributed by atoms with Crippen LogP contribution in [-0.2, 0) is 30.6 Å². The Hall–Kier alpha value is 0.877. The second-order valence-corrected chi connectivity index (χ2v) is 11.8. The van der Waals surface area contributed by atoms with Crippen molar-refractivity contribution in [1.82, 2.24) is 0 Å². The smallest absolute Gasteiger partial charge is 1.00 e. The van der Waals surface area contributed by atoms with Crippen molar-refractivity contribution in [2.24, 2.45) is 0 Å². The molecule has 0 aliphatic rings. The summed E-state index contributed by atoms with van der Waals surface area (Å²) in [7, 11) is -1.95. The van der Waals surface area contributed by atoms with Crippen molar-refractivity contribution in [2.45, 2.75) is 32.7 Å². The molecule has 0 atom stereocenters. The number of hydrogen-bond donors (Lipinski definition) is 0. The van der Waals surface area contributed by atoms with Gasteiger partial charge in [-0.3, -0.25) is 0 Å². The van der Waals surface area contributed by atoms with Crippen molar-refractivity contribution < 1.29 is 55.4 Å². The Morgan fingerprint density at radius 2 is 1.58 bits per heavy atom. The van der Waals surface area contributed by atoms with Gasteiger partial charge in [-0.1, -0.05) is 19.6 Å². The van der Waals surface area contributed by atoms with Crippen LogP contribution in [0.5, 0.6) is 0 Å². The minimum atomic E-state index is -1.44. The van der Waals surface area contributed by atoms with Crippen molar-refractivity contribution in [3.05, 3.63) is 36.1 Å². The van der Waals surface area contributed by atoms with E-state index < -0.39 is 16.7 Å². The standard InChI is InChI=1S/C7H18NOSi2.C5H5.2ClH.Zr/c1-10(2)7(6-8)9-11(3,4)5;1-2-4-5-3-1;;;/h8H,6H2,1-5H3;1-5H;2*1H;/q2*-1;;;+4/p-2. The SMILES string of the molecule is C[Si](C)=C(C[NH-])O[Si](C)(C)C.[Cl-].[Cl-].[Zr+4].c1cc[cH-]c1. The van der Waals surface area contributed by atoms with Crippen molar-refractivity contribution in [3.8, 4) is 0 Å². The third-order valence-corrected chi connectivity index (χ3v) is 4.16. The van der Waals surface area contributed by atoms with Gasteiger partial charge in [-0.2, -0.15) is 18.2 Å². The maximum atomic E-state index is 7.26. The van der Waals surface area contributed by atoms with Crippen LogP contribution in [0.15, 0.2) is 30.3 Å². The summed E-state index contributed by atoms with van der Waals surface area (Å²) in [5, 5.41) is 1.04. The Bertz CT molecular complexity index is 293. The second kappa shape index (κ2) is 15.3. The summed E-state index contributed by atoms with van der Waals surface area (Å²) in [6.45, 7) is 11.2. The van der Waals surface area contributed by atoms with E-state index in [4.69, 9.17) is 10.2 Å². The molecule has 2 nitrogen and oxygen atoms in total. The Labute approximate surface area is 152 Å². The summed E-state index contributed by atoms with van der Waals surface area (Å²) in [4.78, 5) is 0. The van der Waals surface area contributed by atoms with Gasteiger partial charge in [0.25, 0.3) is 0 Å². The summed E-state index contributed by atoms with van der Waals surface area (Å²) in [5.74, 6) is 0. The molecule has 7 heteroatoms. The van der Waals surface area contributed by atoms with Crippen LogP contribution >= 0.6 is 0 Å². The zero-order chi connectivity index (χ0) is 12.6. The van der Waals surface area contributed by atoms with Gasteiger partial charge in [-0.15, -0.1) is 0 Å². The van der Waals surface area contributed by atoms with Crippen LogP contribution in [0.1, 0.15) is 0 Å². The maximum Gasteiger partial charge on any atom is 4.00 e. The maximum absolute atomic E-state index is 7.26. The third kappa shape index (κ3) is 18.9. The Morgan fingerprint density at radius 3 is 1.68 bits per heavy atom. The summed E-state index contributed by atoms with van der Waals surface area (Å²) < 4.78 is 5.76. The fourth-order valence-corrected chi connectivity index (χ4v) is 3.91. The molecule has 0 radical (unpaired) electrons. The molecule has 0 aliphatic heterocycles. The van der Waals surface area contributed by atoms with Crippen LogP contribution in [-0.4, -0.2) is 28.6 Å². The number of nitrogens with one attached hydrogen (secondary N) is 1. The molecule has 0 saturated carbocycles. The molecule has 1 N–H and O–H groups in total. The van der Waals surface area contributed by atoms with Gasteiger partial charge in [-0.25, -0.2) is 12.1 Å². The van der Waals surface area contributed by atoms with Gasteiger partial charge in [0.1, 0.15) is 0 Å². The van der Waals surface area contributed by atoms with Gasteiger partial charge >= 0.3 is 26.2 Å². The van der Waals surface area contributed by atoms with E-state index in [1.54, 1.807) is 0 Å². The van der Waals surface area contributed by atoms with Crippen LogP contribution in [0.4, 0.5) is 0 Å². The molecule has 108 valence electrons. The van der Waals surface area contributed by atoms with Crippen molar-refractivity contribution >= 4 is 22.1 Å². The van der Waals surface area contributed by atoms with Crippen molar-refractivity contribution in [3.63, 3.8) is 0 Å². The second-order valence-electron chi connectivity index (χ2n) is 4.78. The van der Waals surface area contributed by atoms with Crippen LogP contribution in [0.2, 0.25) is 32.7 Å². The van der Waals surface area contributed by atoms with Crippen molar-refractivity contribution in [1.29, 1.82) is 0 Å². The van der Waals surface area contributed by atoms with Gasteiger partial charge < -0.3 is 35.0 Å². The molecule has 19 heavy (non-hydrogen) atoms. The Morgan fingerprint density at radius 1 is 1.16 bits per heavy atom. The zero-order valence-corrected chi connectivity index (χ0v) is 18.2. The van der Waals surface area contributed by atoms with Gasteiger partial charge in [-0.05, 0) is 19.6 Å². The van der Waals surface area contributed by atoms with Crippen LogP contribution < -0.4 is 24.8 Å². The fourth-order valence-electron chi connectivity index (χ4n) is 1.01. The Balaban J connectivity index is -0.000000121. The molecular weight excluding hydrogens is 392 g/mol. The molecular formula is C12H23Cl2NOSi2Zr. The van der Waals surface area contributed by atoms with Gasteiger partial charge in [0.05, 0.1) is 0 Å². The molecule has 0 saturated heterocycles. The van der Waals surface area contributed by atoms with Gasteiger partial charge in [0.15, 0.2) is 0 Å². The van der Waals surface area contributed by atoms with E-state index in [0.29, 0.717) is 6.54 Å². The van der Waals surface area contributed by atoms with E-state index in [0.717, 1.165) is 5.35 Å². The molecule has 0 heterocycles. The first-order chi connectivity index (χ1) is 7.37. The molecule has 0 unspecified atom stereocenters. The van der Waals surface area contributed by atoms with Gasteiger partial charge in [0.2, 0.25) is 8.32 Å². The van der Waals surface area contributed by atoms with Crippen LogP contribution in [0.25, 0.3) is 5.73 Å². The molecule has 0 aromatic heterocycles. The van der Waals surface area contributed by atoms with Gasteiger partial charge in [0, 0.05) is 13.8 Å². The van der Waals surface area contributed by atoms with Crippen molar-refractivity contribution in [2.75, 3.05) is 6.54 Å². The molecule has 0 fully saturated rings. The minimum Gasteiger partial charge on any atom is -1.00 e. The molecule has 1 rings (SSSR count). The Kier molecular flexibility index (Phi) is 22.6. The fraction of sp³-hybridized carbons (Fsp3) is 0.500. The largest absolute Gasteiger partial charge is 4.00 e. The average Bonchev–Trinajstić information content (AvgIpc) is 2.70. The molecule has 1 aromatic carbocycles. The monoisotopic (exact) mass is 413 g/mol. The first kappa shape index (κ1) is 28.1. The number of halogens is 2. The van der Waals surface area contributed by atoms with E-state index >= 15 is 0 Å². The first-order valence-electron chi connectivity index (χ1n) is 5.53. The molecule has 0 aliphatic carbocycles. The molecule has 1 aromatic rings. The van der Waals surface area contributed by atoms with E-state index in [-0.39, 0.29) is 51.0 Å². The molecule has 0 amide bonds. The summed E-state index contributed by atoms with van der Waals surface area (Å²) in [6.07, 6.45) is 0. The molecule has 0 spiro atoms. The van der Waals surface area contributed by atoms with Crippen LogP contribution in [0.3, 0.4) is 0 Å². The van der Waals surface area contributed by atoms with Crippen LogP contribution in [0, 0.1) is 0 Å².